The van der Waals surface area contributed by atoms with Crippen LogP contribution in [0.4, 0.5) is 5.69 Å². The number of rotatable bonds is 5. The van der Waals surface area contributed by atoms with Gasteiger partial charge in [-0.15, -0.1) is 11.8 Å². The highest BCUT2D eigenvalue weighted by molar-refractivity contribution is 8.14. The average molecular weight is 373 g/mol. The number of aromatic amines is 1. The van der Waals surface area contributed by atoms with Crippen LogP contribution in [-0.2, 0) is 9.53 Å². The highest BCUT2D eigenvalue weighted by atomic mass is 32.2. The Morgan fingerprint density at radius 2 is 2.35 bits per heavy atom. The minimum absolute atomic E-state index is 0.0870. The van der Waals surface area contributed by atoms with Gasteiger partial charge in [-0.3, -0.25) is 9.79 Å². The minimum Gasteiger partial charge on any atom is -0.481 e. The fourth-order valence-corrected chi connectivity index (χ4v) is 4.63. The van der Waals surface area contributed by atoms with E-state index >= 15 is 0 Å². The zero-order valence-corrected chi connectivity index (χ0v) is 15.6. The van der Waals surface area contributed by atoms with Crippen LogP contribution in [0.15, 0.2) is 29.3 Å². The summed E-state index contributed by atoms with van der Waals surface area (Å²) in [4.78, 5) is 21.2. The van der Waals surface area contributed by atoms with Gasteiger partial charge >= 0.3 is 5.97 Å². The first kappa shape index (κ1) is 17.4. The Morgan fingerprint density at radius 1 is 1.46 bits per heavy atom. The smallest absolute Gasteiger partial charge is 0.305 e. The van der Waals surface area contributed by atoms with Gasteiger partial charge in [-0.1, -0.05) is 12.1 Å². The fraction of sp³-hybridized carbons (Fsp3) is 0.474. The summed E-state index contributed by atoms with van der Waals surface area (Å²) in [5.74, 6) is -0.0757. The predicted molar refractivity (Wildman–Crippen MR) is 105 cm³/mol. The molecule has 1 fully saturated rings. The Bertz CT molecular complexity index is 842. The summed E-state index contributed by atoms with van der Waals surface area (Å²) >= 11 is 1.62. The molecular weight excluding hydrogens is 350 g/mol. The van der Waals surface area contributed by atoms with Crippen LogP contribution in [0.2, 0.25) is 0 Å². The molecular formula is C19H23N3O3S. The van der Waals surface area contributed by atoms with Crippen LogP contribution in [0, 0.1) is 0 Å². The molecule has 6 nitrogen and oxygen atoms in total. The van der Waals surface area contributed by atoms with Gasteiger partial charge in [0.05, 0.1) is 29.4 Å². The van der Waals surface area contributed by atoms with Gasteiger partial charge in [0.15, 0.2) is 0 Å². The predicted octanol–water partition coefficient (Wildman–Crippen LogP) is 3.47. The standard InChI is InChI=1S/C19H23N3O3S/c1-22(16-7-2-3-8-25-16)15-6-4-5-12-9-14(21-18(12)15)19-20-13(11-26-19)10-17(23)24/h4-6,9,13,16,21H,2-3,7-8,10-11H2,1H3,(H,23,24)/t13?,16-/m0/s1. The van der Waals surface area contributed by atoms with E-state index in [0.29, 0.717) is 0 Å². The number of aromatic nitrogens is 1. The molecule has 1 aromatic carbocycles. The first-order chi connectivity index (χ1) is 12.6. The van der Waals surface area contributed by atoms with Gasteiger partial charge < -0.3 is 19.7 Å². The van der Waals surface area contributed by atoms with Gasteiger partial charge in [-0.2, -0.15) is 0 Å². The number of H-pyrrole nitrogens is 1. The number of thioether (sulfide) groups is 1. The molecule has 3 heterocycles. The van der Waals surface area contributed by atoms with Gasteiger partial charge in [-0.05, 0) is 31.4 Å². The Kier molecular flexibility index (Phi) is 4.91. The second-order valence-electron chi connectivity index (χ2n) is 6.85. The van der Waals surface area contributed by atoms with E-state index in [1.54, 1.807) is 11.8 Å². The van der Waals surface area contributed by atoms with E-state index in [1.165, 1.54) is 6.42 Å². The summed E-state index contributed by atoms with van der Waals surface area (Å²) in [6.45, 7) is 0.819. The second-order valence-corrected chi connectivity index (χ2v) is 7.86. The molecule has 2 N–H and O–H groups in total. The number of aliphatic carboxylic acids is 1. The molecule has 0 radical (unpaired) electrons. The molecule has 0 saturated carbocycles. The van der Waals surface area contributed by atoms with Crippen LogP contribution in [-0.4, -0.2) is 52.8 Å². The van der Waals surface area contributed by atoms with Crippen molar-refractivity contribution in [2.24, 2.45) is 4.99 Å². The van der Waals surface area contributed by atoms with E-state index < -0.39 is 5.97 Å². The molecule has 0 aliphatic carbocycles. The molecule has 2 aliphatic rings. The van der Waals surface area contributed by atoms with Crippen molar-refractivity contribution in [2.45, 2.75) is 38.0 Å². The van der Waals surface area contributed by atoms with Crippen molar-refractivity contribution in [3.63, 3.8) is 0 Å². The van der Waals surface area contributed by atoms with E-state index in [4.69, 9.17) is 9.84 Å². The summed E-state index contributed by atoms with van der Waals surface area (Å²) in [5, 5.41) is 11.0. The van der Waals surface area contributed by atoms with Gasteiger partial charge in [0, 0.05) is 24.8 Å². The summed E-state index contributed by atoms with van der Waals surface area (Å²) in [6, 6.07) is 8.21. The minimum atomic E-state index is -0.798. The molecule has 2 aliphatic heterocycles. The molecule has 138 valence electrons. The largest absolute Gasteiger partial charge is 0.481 e. The number of aliphatic imine (C=N–C) groups is 1. The summed E-state index contributed by atoms with van der Waals surface area (Å²) < 4.78 is 5.93. The average Bonchev–Trinajstić information content (AvgIpc) is 3.27. The maximum atomic E-state index is 10.9. The Morgan fingerprint density at radius 3 is 3.12 bits per heavy atom. The number of benzene rings is 1. The summed E-state index contributed by atoms with van der Waals surface area (Å²) in [5.41, 5.74) is 3.15. The van der Waals surface area contributed by atoms with Crippen molar-refractivity contribution in [1.82, 2.24) is 4.98 Å². The monoisotopic (exact) mass is 373 g/mol. The van der Waals surface area contributed by atoms with E-state index in [-0.39, 0.29) is 18.7 Å². The zero-order valence-electron chi connectivity index (χ0n) is 14.8. The maximum Gasteiger partial charge on any atom is 0.305 e. The molecule has 1 saturated heterocycles. The number of fused-ring (bicyclic) bond motifs is 1. The molecule has 7 heteroatoms. The highest BCUT2D eigenvalue weighted by Gasteiger charge is 2.24. The first-order valence-electron chi connectivity index (χ1n) is 9.01. The number of nitrogens with zero attached hydrogens (tertiary/aromatic N) is 2. The number of hydrogen-bond acceptors (Lipinski definition) is 5. The lowest BCUT2D eigenvalue weighted by atomic mass is 10.1. The number of hydrogen-bond donors (Lipinski definition) is 2. The van der Waals surface area contributed by atoms with Crippen LogP contribution in [0.5, 0.6) is 0 Å². The number of carbonyl (C=O) groups is 1. The van der Waals surface area contributed by atoms with Gasteiger partial charge in [0.1, 0.15) is 11.3 Å². The molecule has 0 amide bonds. The molecule has 0 spiro atoms. The van der Waals surface area contributed by atoms with Crippen LogP contribution in [0.25, 0.3) is 10.9 Å². The number of carboxylic acids is 1. The SMILES string of the molecule is CN(c1cccc2cc(C3=NC(CC(=O)O)CS3)[nH]c12)[C@@H]1CCCCO1. The lowest BCUT2D eigenvalue weighted by Gasteiger charge is -2.33. The van der Waals surface area contributed by atoms with E-state index in [0.717, 1.165) is 52.5 Å². The van der Waals surface area contributed by atoms with Gasteiger partial charge in [0.2, 0.25) is 0 Å². The molecule has 2 atom stereocenters. The van der Waals surface area contributed by atoms with E-state index in [1.807, 2.05) is 0 Å². The third-order valence-electron chi connectivity index (χ3n) is 4.95. The number of ether oxygens (including phenoxy) is 1. The molecule has 0 bridgehead atoms. The third kappa shape index (κ3) is 3.46. The van der Waals surface area contributed by atoms with E-state index in [9.17, 15) is 4.79 Å². The van der Waals surface area contributed by atoms with Crippen molar-refractivity contribution < 1.29 is 14.6 Å². The van der Waals surface area contributed by atoms with Gasteiger partial charge in [-0.25, -0.2) is 0 Å². The highest BCUT2D eigenvalue weighted by Crippen LogP contribution is 2.32. The topological polar surface area (TPSA) is 77.9 Å². The lowest BCUT2D eigenvalue weighted by Crippen LogP contribution is -2.36. The second kappa shape index (κ2) is 7.32. The Hall–Kier alpha value is -1.99. The first-order valence-corrected chi connectivity index (χ1v) is 9.99. The quantitative estimate of drug-likeness (QED) is 0.839. The van der Waals surface area contributed by atoms with Crippen molar-refractivity contribution in [1.29, 1.82) is 0 Å². The zero-order chi connectivity index (χ0) is 18.1. The van der Waals surface area contributed by atoms with Crippen molar-refractivity contribution in [3.8, 4) is 0 Å². The van der Waals surface area contributed by atoms with Crippen molar-refractivity contribution in [3.05, 3.63) is 30.0 Å². The van der Waals surface area contributed by atoms with Gasteiger partial charge in [0.25, 0.3) is 0 Å². The Balaban J connectivity index is 1.62. The number of anilines is 1. The summed E-state index contributed by atoms with van der Waals surface area (Å²) in [6.07, 6.45) is 3.57. The third-order valence-corrected chi connectivity index (χ3v) is 6.10. The molecule has 1 aromatic heterocycles. The summed E-state index contributed by atoms with van der Waals surface area (Å²) in [7, 11) is 2.08. The lowest BCUT2D eigenvalue weighted by molar-refractivity contribution is -0.137. The van der Waals surface area contributed by atoms with Crippen LogP contribution >= 0.6 is 11.8 Å². The number of carboxylic acid groups (broad SMARTS) is 1. The van der Waals surface area contributed by atoms with Crippen molar-refractivity contribution >= 4 is 39.4 Å². The van der Waals surface area contributed by atoms with Crippen LogP contribution < -0.4 is 4.90 Å². The molecule has 2 aromatic rings. The van der Waals surface area contributed by atoms with Crippen molar-refractivity contribution in [2.75, 3.05) is 24.3 Å². The molecule has 4 rings (SSSR count). The normalized spacial score (nSPS) is 23.2. The van der Waals surface area contributed by atoms with E-state index in [2.05, 4.69) is 46.2 Å². The van der Waals surface area contributed by atoms with Crippen LogP contribution in [0.3, 0.4) is 0 Å². The fourth-order valence-electron chi connectivity index (χ4n) is 3.60. The Labute approximate surface area is 156 Å². The molecule has 26 heavy (non-hydrogen) atoms. The van der Waals surface area contributed by atoms with Crippen LogP contribution in [0.1, 0.15) is 31.4 Å². The maximum absolute atomic E-state index is 10.9. The number of nitrogens with one attached hydrogen (secondary N) is 1. The number of para-hydroxylation sites is 1. The molecule has 1 unspecified atom stereocenters.